The molecule has 0 saturated heterocycles. The van der Waals surface area contributed by atoms with Crippen LogP contribution >= 0.6 is 11.6 Å². The van der Waals surface area contributed by atoms with Crippen molar-refractivity contribution in [2.45, 2.75) is 26.7 Å². The average Bonchev–Trinajstić information content (AvgIpc) is 2.52. The molecule has 0 atom stereocenters. The Morgan fingerprint density at radius 1 is 1.17 bits per heavy atom. The minimum Gasteiger partial charge on any atom is -0.289 e. The number of carbonyl (C=O) groups excluding carboxylic acids is 1. The first-order valence-corrected chi connectivity index (χ1v) is 8.04. The Balaban J connectivity index is 2.02. The molecule has 122 valence electrons. The lowest BCUT2D eigenvalue weighted by atomic mass is 9.83. The van der Waals surface area contributed by atoms with E-state index in [0.717, 1.165) is 28.7 Å². The van der Waals surface area contributed by atoms with E-state index in [9.17, 15) is 14.9 Å². The molecular weight excluding hydrogens is 326 g/mol. The number of ketones is 1. The molecule has 0 unspecified atom stereocenters. The maximum atomic E-state index is 12.8. The maximum Gasteiger partial charge on any atom is 0.288 e. The Morgan fingerprint density at radius 2 is 1.92 bits per heavy atom. The van der Waals surface area contributed by atoms with Crippen molar-refractivity contribution >= 4 is 29.1 Å². The van der Waals surface area contributed by atoms with Crippen molar-refractivity contribution in [1.29, 1.82) is 0 Å². The fourth-order valence-electron chi connectivity index (χ4n) is 3.18. The molecule has 0 heterocycles. The number of hydrogen-bond donors (Lipinski definition) is 0. The van der Waals surface area contributed by atoms with Crippen molar-refractivity contribution in [3.05, 3.63) is 78.9 Å². The van der Waals surface area contributed by atoms with E-state index in [4.69, 9.17) is 11.6 Å². The maximum absolute atomic E-state index is 12.8. The summed E-state index contributed by atoms with van der Waals surface area (Å²) < 4.78 is 0. The number of fused-ring (bicyclic) bond motifs is 1. The number of nitro groups is 1. The van der Waals surface area contributed by atoms with Gasteiger partial charge in [0.1, 0.15) is 5.02 Å². The minimum atomic E-state index is -0.519. The van der Waals surface area contributed by atoms with Crippen LogP contribution in [0.5, 0.6) is 0 Å². The molecular formula is C19H16ClNO3. The molecule has 0 bridgehead atoms. The molecule has 0 radical (unpaired) electrons. The zero-order valence-electron chi connectivity index (χ0n) is 13.4. The summed E-state index contributed by atoms with van der Waals surface area (Å²) in [6, 6.07) is 8.58. The third-order valence-electron chi connectivity index (χ3n) is 4.31. The van der Waals surface area contributed by atoms with Gasteiger partial charge in [0.2, 0.25) is 0 Å². The number of aryl methyl sites for hydroxylation is 2. The van der Waals surface area contributed by atoms with Crippen LogP contribution in [0.4, 0.5) is 5.69 Å². The smallest absolute Gasteiger partial charge is 0.288 e. The number of allylic oxidation sites excluding steroid dienone is 1. The molecule has 5 heteroatoms. The van der Waals surface area contributed by atoms with Crippen LogP contribution < -0.4 is 0 Å². The normalized spacial score (nSPS) is 15.5. The van der Waals surface area contributed by atoms with Gasteiger partial charge in [-0.3, -0.25) is 14.9 Å². The Hall–Kier alpha value is -2.46. The highest BCUT2D eigenvalue weighted by Gasteiger charge is 2.23. The quantitative estimate of drug-likeness (QED) is 0.435. The Labute approximate surface area is 144 Å². The molecule has 1 aliphatic carbocycles. The second-order valence-corrected chi connectivity index (χ2v) is 6.48. The molecule has 0 N–H and O–H groups in total. The highest BCUT2D eigenvalue weighted by atomic mass is 35.5. The zero-order valence-corrected chi connectivity index (χ0v) is 14.2. The van der Waals surface area contributed by atoms with Crippen molar-refractivity contribution < 1.29 is 9.72 Å². The van der Waals surface area contributed by atoms with E-state index >= 15 is 0 Å². The van der Waals surface area contributed by atoms with Crippen LogP contribution in [-0.4, -0.2) is 10.7 Å². The van der Waals surface area contributed by atoms with Gasteiger partial charge in [0.15, 0.2) is 5.78 Å². The third kappa shape index (κ3) is 2.97. The monoisotopic (exact) mass is 341 g/mol. The lowest BCUT2D eigenvalue weighted by Crippen LogP contribution is -2.15. The molecule has 2 aromatic rings. The van der Waals surface area contributed by atoms with Gasteiger partial charge in [0, 0.05) is 17.2 Å². The number of benzene rings is 2. The third-order valence-corrected chi connectivity index (χ3v) is 4.63. The van der Waals surface area contributed by atoms with Crippen molar-refractivity contribution in [2.75, 3.05) is 0 Å². The molecule has 0 saturated carbocycles. The van der Waals surface area contributed by atoms with Gasteiger partial charge in [-0.15, -0.1) is 0 Å². The second kappa shape index (κ2) is 6.21. The summed E-state index contributed by atoms with van der Waals surface area (Å²) in [5.41, 5.74) is 5.17. The molecule has 0 aliphatic heterocycles. The Morgan fingerprint density at radius 3 is 2.62 bits per heavy atom. The molecule has 0 amide bonds. The van der Waals surface area contributed by atoms with E-state index in [1.165, 1.54) is 12.1 Å². The standard InChI is InChI=1S/C19H16ClNO3/c1-11-7-12(2)15-5-4-14(19(22)16(15)8-11)9-13-3-6-17(20)18(10-13)21(23)24/h3,6-10H,4-5H2,1-2H3/b14-9-. The van der Waals surface area contributed by atoms with Gasteiger partial charge in [-0.1, -0.05) is 29.3 Å². The zero-order chi connectivity index (χ0) is 17.4. The van der Waals surface area contributed by atoms with E-state index < -0.39 is 4.92 Å². The van der Waals surface area contributed by atoms with Crippen molar-refractivity contribution in [3.8, 4) is 0 Å². The van der Waals surface area contributed by atoms with Gasteiger partial charge in [0.05, 0.1) is 4.92 Å². The second-order valence-electron chi connectivity index (χ2n) is 6.07. The predicted octanol–water partition coefficient (Wildman–Crippen LogP) is 5.08. The van der Waals surface area contributed by atoms with Gasteiger partial charge >= 0.3 is 0 Å². The topological polar surface area (TPSA) is 60.2 Å². The molecule has 24 heavy (non-hydrogen) atoms. The first-order valence-electron chi connectivity index (χ1n) is 7.66. The van der Waals surface area contributed by atoms with Crippen LogP contribution in [0.2, 0.25) is 5.02 Å². The molecule has 1 aliphatic rings. The Kier molecular flexibility index (Phi) is 4.24. The van der Waals surface area contributed by atoms with Gasteiger partial charge in [-0.2, -0.15) is 0 Å². The van der Waals surface area contributed by atoms with Crippen LogP contribution in [0, 0.1) is 24.0 Å². The number of carbonyl (C=O) groups is 1. The van der Waals surface area contributed by atoms with Gasteiger partial charge in [-0.05, 0) is 61.6 Å². The van der Waals surface area contributed by atoms with E-state index in [1.807, 2.05) is 19.9 Å². The molecule has 0 spiro atoms. The lowest BCUT2D eigenvalue weighted by Gasteiger charge is -2.20. The summed E-state index contributed by atoms with van der Waals surface area (Å²) in [6.07, 6.45) is 3.16. The highest BCUT2D eigenvalue weighted by molar-refractivity contribution is 6.32. The fourth-order valence-corrected chi connectivity index (χ4v) is 3.36. The summed E-state index contributed by atoms with van der Waals surface area (Å²) in [4.78, 5) is 23.3. The minimum absolute atomic E-state index is 0.000605. The van der Waals surface area contributed by atoms with Crippen molar-refractivity contribution in [3.63, 3.8) is 0 Å². The number of hydrogen-bond acceptors (Lipinski definition) is 3. The fraction of sp³-hybridized carbons (Fsp3) is 0.211. The van der Waals surface area contributed by atoms with Crippen molar-refractivity contribution in [2.24, 2.45) is 0 Å². The van der Waals surface area contributed by atoms with Crippen LogP contribution in [0.3, 0.4) is 0 Å². The highest BCUT2D eigenvalue weighted by Crippen LogP contribution is 2.31. The van der Waals surface area contributed by atoms with Crippen LogP contribution in [-0.2, 0) is 6.42 Å². The summed E-state index contributed by atoms with van der Waals surface area (Å²) in [6.45, 7) is 4.00. The van der Waals surface area contributed by atoms with Crippen LogP contribution in [0.15, 0.2) is 35.9 Å². The molecule has 4 nitrogen and oxygen atoms in total. The first-order chi connectivity index (χ1) is 11.4. The number of Topliss-reactive ketones (excluding diaryl/α,β-unsaturated/α-hetero) is 1. The Bertz CT molecular complexity index is 900. The summed E-state index contributed by atoms with van der Waals surface area (Å²) >= 11 is 5.84. The van der Waals surface area contributed by atoms with Gasteiger partial charge in [0.25, 0.3) is 5.69 Å². The van der Waals surface area contributed by atoms with Crippen LogP contribution in [0.1, 0.15) is 39.0 Å². The number of halogens is 1. The molecule has 3 rings (SSSR count). The van der Waals surface area contributed by atoms with Crippen LogP contribution in [0.25, 0.3) is 6.08 Å². The number of rotatable bonds is 2. The van der Waals surface area contributed by atoms with E-state index in [0.29, 0.717) is 17.6 Å². The summed E-state index contributed by atoms with van der Waals surface area (Å²) in [7, 11) is 0. The summed E-state index contributed by atoms with van der Waals surface area (Å²) in [5, 5.41) is 11.1. The van der Waals surface area contributed by atoms with E-state index in [-0.39, 0.29) is 16.5 Å². The largest absolute Gasteiger partial charge is 0.289 e. The molecule has 0 aromatic heterocycles. The summed E-state index contributed by atoms with van der Waals surface area (Å²) in [5.74, 6) is 0.000605. The van der Waals surface area contributed by atoms with E-state index in [2.05, 4.69) is 6.07 Å². The van der Waals surface area contributed by atoms with E-state index in [1.54, 1.807) is 12.1 Å². The molecule has 2 aromatic carbocycles. The SMILES string of the molecule is Cc1cc(C)c2c(c1)C(=O)/C(=C\c1ccc(Cl)c([N+](=O)[O-])c1)CC2. The van der Waals surface area contributed by atoms with Gasteiger partial charge in [-0.25, -0.2) is 0 Å². The predicted molar refractivity (Wildman–Crippen MR) is 94.7 cm³/mol. The average molecular weight is 342 g/mol. The van der Waals surface area contributed by atoms with Crippen molar-refractivity contribution in [1.82, 2.24) is 0 Å². The molecule has 0 fully saturated rings. The number of nitrogens with zero attached hydrogens (tertiary/aromatic N) is 1. The number of nitro benzene ring substituents is 1. The first kappa shape index (κ1) is 16.4. The van der Waals surface area contributed by atoms with Gasteiger partial charge < -0.3 is 0 Å². The lowest BCUT2D eigenvalue weighted by molar-refractivity contribution is -0.384.